The molecule has 166 valence electrons. The zero-order valence-electron chi connectivity index (χ0n) is 17.1. The van der Waals surface area contributed by atoms with Crippen LogP contribution in [0, 0.1) is 0 Å². The number of nitrogens with two attached hydrogens (primary N) is 1. The van der Waals surface area contributed by atoms with Crippen LogP contribution in [0.2, 0.25) is 0 Å². The van der Waals surface area contributed by atoms with Gasteiger partial charge in [0.2, 0.25) is 10.0 Å². The number of sulfonamides is 2. The van der Waals surface area contributed by atoms with Crippen LogP contribution in [0.4, 0.5) is 11.4 Å². The summed E-state index contributed by atoms with van der Waals surface area (Å²) in [6, 6.07) is 25.9. The van der Waals surface area contributed by atoms with Crippen molar-refractivity contribution in [1.82, 2.24) is 0 Å². The Morgan fingerprint density at radius 3 is 2.00 bits per heavy atom. The third kappa shape index (κ3) is 3.56. The predicted molar refractivity (Wildman–Crippen MR) is 127 cm³/mol. The Kier molecular flexibility index (Phi) is 4.97. The molecule has 5 rings (SSSR count). The largest absolute Gasteiger partial charge is 0.454 e. The molecule has 33 heavy (non-hydrogen) atoms. The lowest BCUT2D eigenvalue weighted by Crippen LogP contribution is -2.28. The number of para-hydroxylation sites is 3. The highest BCUT2D eigenvalue weighted by atomic mass is 32.2. The molecule has 0 aliphatic carbocycles. The molecule has 4 aromatic carbocycles. The minimum Gasteiger partial charge on any atom is -0.454 e. The topological polar surface area (TPSA) is 111 Å². The third-order valence-electron chi connectivity index (χ3n) is 5.27. The van der Waals surface area contributed by atoms with E-state index in [1.165, 1.54) is 30.3 Å². The number of rotatable bonds is 5. The van der Waals surface area contributed by atoms with Gasteiger partial charge in [0.05, 0.1) is 10.6 Å². The summed E-state index contributed by atoms with van der Waals surface area (Å²) in [5, 5.41) is 6.97. The maximum atomic E-state index is 13.9. The van der Waals surface area contributed by atoms with Crippen molar-refractivity contribution in [3.63, 3.8) is 0 Å². The van der Waals surface area contributed by atoms with Gasteiger partial charge in [-0.1, -0.05) is 60.7 Å². The molecule has 5 aromatic rings. The average Bonchev–Trinajstić information content (AvgIpc) is 3.19. The van der Waals surface area contributed by atoms with Gasteiger partial charge in [0.15, 0.2) is 5.58 Å². The van der Waals surface area contributed by atoms with Crippen molar-refractivity contribution in [1.29, 1.82) is 0 Å². The molecular weight excluding hydrogens is 460 g/mol. The van der Waals surface area contributed by atoms with Crippen molar-refractivity contribution >= 4 is 53.4 Å². The van der Waals surface area contributed by atoms with Gasteiger partial charge >= 0.3 is 0 Å². The van der Waals surface area contributed by atoms with Crippen LogP contribution in [0.5, 0.6) is 0 Å². The summed E-state index contributed by atoms with van der Waals surface area (Å²) in [5.41, 5.74) is 0.958. The smallest absolute Gasteiger partial charge is 0.268 e. The molecule has 1 aromatic heterocycles. The highest BCUT2D eigenvalue weighted by molar-refractivity contribution is 7.93. The van der Waals surface area contributed by atoms with Crippen molar-refractivity contribution < 1.29 is 21.3 Å². The number of nitrogens with zero attached hydrogens (tertiary/aromatic N) is 1. The Balaban J connectivity index is 1.90. The lowest BCUT2D eigenvalue weighted by atomic mass is 10.1. The number of primary sulfonamides is 1. The second-order valence-electron chi connectivity index (χ2n) is 7.35. The Labute approximate surface area is 190 Å². The molecule has 0 saturated heterocycles. The quantitative estimate of drug-likeness (QED) is 0.392. The zero-order valence-corrected chi connectivity index (χ0v) is 18.8. The molecule has 0 radical (unpaired) electrons. The van der Waals surface area contributed by atoms with E-state index in [9.17, 15) is 16.8 Å². The fourth-order valence-corrected chi connectivity index (χ4v) is 6.15. The molecule has 0 spiro atoms. The van der Waals surface area contributed by atoms with Crippen molar-refractivity contribution in [3.05, 3.63) is 97.1 Å². The summed E-state index contributed by atoms with van der Waals surface area (Å²) in [6.07, 6.45) is 0. The van der Waals surface area contributed by atoms with Crippen molar-refractivity contribution in [2.24, 2.45) is 5.14 Å². The van der Waals surface area contributed by atoms with Crippen LogP contribution >= 0.6 is 0 Å². The Morgan fingerprint density at radius 1 is 0.636 bits per heavy atom. The number of fused-ring (bicyclic) bond motifs is 3. The van der Waals surface area contributed by atoms with E-state index in [1.54, 1.807) is 42.5 Å². The van der Waals surface area contributed by atoms with E-state index in [2.05, 4.69) is 0 Å². The van der Waals surface area contributed by atoms with Crippen LogP contribution in [0.15, 0.2) is 111 Å². The van der Waals surface area contributed by atoms with Gasteiger partial charge in [-0.05, 0) is 36.4 Å². The van der Waals surface area contributed by atoms with Crippen LogP contribution < -0.4 is 9.44 Å². The first-order chi connectivity index (χ1) is 15.8. The molecule has 0 fully saturated rings. The van der Waals surface area contributed by atoms with E-state index in [0.29, 0.717) is 16.6 Å². The highest BCUT2D eigenvalue weighted by Gasteiger charge is 2.32. The van der Waals surface area contributed by atoms with Crippen LogP contribution in [-0.4, -0.2) is 16.8 Å². The number of furan rings is 1. The van der Waals surface area contributed by atoms with E-state index >= 15 is 0 Å². The van der Waals surface area contributed by atoms with Crippen molar-refractivity contribution in [2.75, 3.05) is 4.31 Å². The van der Waals surface area contributed by atoms with Crippen LogP contribution in [-0.2, 0) is 20.0 Å². The molecule has 0 bridgehead atoms. The van der Waals surface area contributed by atoms with Gasteiger partial charge in [0, 0.05) is 10.8 Å². The van der Waals surface area contributed by atoms with Gasteiger partial charge in [0.25, 0.3) is 10.0 Å². The molecule has 0 atom stereocenters. The first-order valence-corrected chi connectivity index (χ1v) is 12.9. The summed E-state index contributed by atoms with van der Waals surface area (Å²) < 4.78 is 59.7. The SMILES string of the molecule is NS(=O)(=O)c1ccccc1N(c1cccc2c1oc1ccccc12)S(=O)(=O)c1ccccc1. The second kappa shape index (κ2) is 7.73. The molecule has 1 heterocycles. The average molecular weight is 479 g/mol. The van der Waals surface area contributed by atoms with Crippen molar-refractivity contribution in [2.45, 2.75) is 9.79 Å². The normalized spacial score (nSPS) is 12.3. The lowest BCUT2D eigenvalue weighted by molar-refractivity contribution is 0.594. The van der Waals surface area contributed by atoms with E-state index in [-0.39, 0.29) is 21.2 Å². The third-order valence-corrected chi connectivity index (χ3v) is 7.97. The standard InChI is InChI=1S/C24H18N2O5S2/c25-32(27,28)23-16-7-5-13-20(23)26(33(29,30)17-9-2-1-3-10-17)21-14-8-12-19-18-11-4-6-15-22(18)31-24(19)21/h1-16H,(H2,25,27,28). The number of anilines is 2. The predicted octanol–water partition coefficient (Wildman–Crippen LogP) is 4.76. The summed E-state index contributed by atoms with van der Waals surface area (Å²) in [6.45, 7) is 0. The molecule has 0 aliphatic rings. The van der Waals surface area contributed by atoms with Gasteiger partial charge in [0.1, 0.15) is 16.2 Å². The Morgan fingerprint density at radius 2 is 1.24 bits per heavy atom. The van der Waals surface area contributed by atoms with Gasteiger partial charge in [-0.15, -0.1) is 0 Å². The number of benzene rings is 4. The molecule has 0 aliphatic heterocycles. The molecular formula is C24H18N2O5S2. The molecule has 0 amide bonds. The second-order valence-corrected chi connectivity index (χ2v) is 10.7. The number of hydrogen-bond acceptors (Lipinski definition) is 5. The zero-order chi connectivity index (χ0) is 23.2. The molecule has 0 saturated carbocycles. The first kappa shape index (κ1) is 21.2. The highest BCUT2D eigenvalue weighted by Crippen LogP contribution is 2.42. The van der Waals surface area contributed by atoms with Gasteiger partial charge in [-0.2, -0.15) is 0 Å². The van der Waals surface area contributed by atoms with Gasteiger partial charge in [-0.25, -0.2) is 26.3 Å². The number of hydrogen-bond donors (Lipinski definition) is 1. The summed E-state index contributed by atoms with van der Waals surface area (Å²) >= 11 is 0. The first-order valence-electron chi connectivity index (χ1n) is 9.91. The summed E-state index contributed by atoms with van der Waals surface area (Å²) in [7, 11) is -8.51. The minimum absolute atomic E-state index is 0.0117. The van der Waals surface area contributed by atoms with Gasteiger partial charge in [-0.3, -0.25) is 0 Å². The van der Waals surface area contributed by atoms with Crippen molar-refractivity contribution in [3.8, 4) is 0 Å². The minimum atomic E-state index is -4.27. The van der Waals surface area contributed by atoms with Crippen LogP contribution in [0.25, 0.3) is 21.9 Å². The summed E-state index contributed by atoms with van der Waals surface area (Å²) in [5.74, 6) is 0. The Bertz CT molecular complexity index is 1710. The lowest BCUT2D eigenvalue weighted by Gasteiger charge is -2.26. The monoisotopic (exact) mass is 478 g/mol. The van der Waals surface area contributed by atoms with E-state index in [4.69, 9.17) is 9.56 Å². The van der Waals surface area contributed by atoms with E-state index in [0.717, 1.165) is 9.69 Å². The molecule has 0 unspecified atom stereocenters. The van der Waals surface area contributed by atoms with Crippen LogP contribution in [0.1, 0.15) is 0 Å². The van der Waals surface area contributed by atoms with E-state index in [1.807, 2.05) is 24.3 Å². The molecule has 7 nitrogen and oxygen atoms in total. The van der Waals surface area contributed by atoms with E-state index < -0.39 is 20.0 Å². The maximum Gasteiger partial charge on any atom is 0.268 e. The summed E-state index contributed by atoms with van der Waals surface area (Å²) in [4.78, 5) is -0.333. The Hall–Kier alpha value is -3.66. The molecule has 9 heteroatoms. The van der Waals surface area contributed by atoms with Gasteiger partial charge < -0.3 is 4.42 Å². The maximum absolute atomic E-state index is 13.9. The fraction of sp³-hybridized carbons (Fsp3) is 0. The van der Waals surface area contributed by atoms with Crippen LogP contribution in [0.3, 0.4) is 0 Å². The fourth-order valence-electron chi connectivity index (χ4n) is 3.84. The molecule has 2 N–H and O–H groups in total.